The van der Waals surface area contributed by atoms with Crippen LogP contribution >= 0.6 is 0 Å². The first-order valence-electron chi connectivity index (χ1n) is 12.3. The van der Waals surface area contributed by atoms with Crippen molar-refractivity contribution in [3.63, 3.8) is 0 Å². The number of pyridine rings is 1. The zero-order valence-corrected chi connectivity index (χ0v) is 19.1. The van der Waals surface area contributed by atoms with Crippen LogP contribution in [0.2, 0.25) is 0 Å². The molecule has 1 aromatic heterocycles. The van der Waals surface area contributed by atoms with Gasteiger partial charge in [0.1, 0.15) is 5.82 Å². The standard InChI is InChI=1S/C28H32F2N2O/c29-24-17-23-12-13-28(31-26(23)18-25(24)30)32-15-4-7-27(32)22-10-8-20(9-11-22)14-16-33-19-21-5-2-1-3-6-21/h1-3,5-6,12-13,17-18,20,22,27H,4,7-11,14-16,19H2/t20?,22?,27-/m1/s1. The molecule has 33 heavy (non-hydrogen) atoms. The Kier molecular flexibility index (Phi) is 6.86. The number of hydrogen-bond donors (Lipinski definition) is 0. The molecule has 3 aromatic rings. The molecule has 1 atom stereocenters. The van der Waals surface area contributed by atoms with E-state index in [2.05, 4.69) is 29.2 Å². The first-order chi connectivity index (χ1) is 16.2. The summed E-state index contributed by atoms with van der Waals surface area (Å²) in [7, 11) is 0. The molecule has 0 bridgehead atoms. The second-order valence-corrected chi connectivity index (χ2v) is 9.64. The lowest BCUT2D eigenvalue weighted by Crippen LogP contribution is -2.38. The summed E-state index contributed by atoms with van der Waals surface area (Å²) in [5.74, 6) is 0.668. The lowest BCUT2D eigenvalue weighted by Gasteiger charge is -2.37. The van der Waals surface area contributed by atoms with E-state index in [0.29, 0.717) is 29.5 Å². The van der Waals surface area contributed by atoms with Gasteiger partial charge in [-0.25, -0.2) is 13.8 Å². The molecule has 1 saturated carbocycles. The lowest BCUT2D eigenvalue weighted by molar-refractivity contribution is 0.0966. The second-order valence-electron chi connectivity index (χ2n) is 9.64. The van der Waals surface area contributed by atoms with E-state index in [9.17, 15) is 8.78 Å². The van der Waals surface area contributed by atoms with Gasteiger partial charge in [0.25, 0.3) is 0 Å². The Bertz CT molecular complexity index is 1070. The van der Waals surface area contributed by atoms with Crippen LogP contribution in [0.3, 0.4) is 0 Å². The van der Waals surface area contributed by atoms with E-state index >= 15 is 0 Å². The maximum absolute atomic E-state index is 13.7. The third kappa shape index (κ3) is 5.19. The van der Waals surface area contributed by atoms with E-state index in [1.807, 2.05) is 18.2 Å². The predicted octanol–water partition coefficient (Wildman–Crippen LogP) is 6.90. The minimum absolute atomic E-state index is 0.496. The quantitative estimate of drug-likeness (QED) is 0.366. The molecule has 0 spiro atoms. The molecule has 174 valence electrons. The summed E-state index contributed by atoms with van der Waals surface area (Å²) in [5, 5.41) is 0.642. The van der Waals surface area contributed by atoms with Crippen LogP contribution in [0.15, 0.2) is 54.6 Å². The number of aromatic nitrogens is 1. The fourth-order valence-corrected chi connectivity index (χ4v) is 5.71. The SMILES string of the molecule is Fc1cc2ccc(N3CCC[C@@H]3C3CCC(CCOCc4ccccc4)CC3)nc2cc1F. The highest BCUT2D eigenvalue weighted by Crippen LogP contribution is 2.39. The second kappa shape index (κ2) is 10.2. The number of hydrogen-bond acceptors (Lipinski definition) is 3. The summed E-state index contributed by atoms with van der Waals surface area (Å²) in [6, 6.07) is 17.1. The van der Waals surface area contributed by atoms with Crippen LogP contribution in [-0.4, -0.2) is 24.2 Å². The molecular weight excluding hydrogens is 418 g/mol. The van der Waals surface area contributed by atoms with Gasteiger partial charge in [-0.1, -0.05) is 43.2 Å². The Morgan fingerprint density at radius 3 is 2.52 bits per heavy atom. The monoisotopic (exact) mass is 450 g/mol. The molecule has 5 rings (SSSR count). The average molecular weight is 451 g/mol. The highest BCUT2D eigenvalue weighted by molar-refractivity contribution is 5.80. The van der Waals surface area contributed by atoms with Crippen molar-refractivity contribution in [1.82, 2.24) is 4.98 Å². The van der Waals surface area contributed by atoms with Crippen molar-refractivity contribution < 1.29 is 13.5 Å². The van der Waals surface area contributed by atoms with Crippen molar-refractivity contribution in [2.24, 2.45) is 11.8 Å². The number of ether oxygens (including phenoxy) is 1. The van der Waals surface area contributed by atoms with Gasteiger partial charge in [-0.2, -0.15) is 0 Å². The normalized spacial score (nSPS) is 23.3. The van der Waals surface area contributed by atoms with Gasteiger partial charge in [-0.3, -0.25) is 0 Å². The van der Waals surface area contributed by atoms with Crippen molar-refractivity contribution in [2.75, 3.05) is 18.1 Å². The maximum Gasteiger partial charge on any atom is 0.161 e. The van der Waals surface area contributed by atoms with Crippen LogP contribution in [0.25, 0.3) is 10.9 Å². The molecule has 5 heteroatoms. The fraction of sp³-hybridized carbons (Fsp3) is 0.464. The summed E-state index contributed by atoms with van der Waals surface area (Å²) in [6.07, 6.45) is 8.51. The van der Waals surface area contributed by atoms with Gasteiger partial charge < -0.3 is 9.64 Å². The van der Waals surface area contributed by atoms with E-state index in [4.69, 9.17) is 9.72 Å². The van der Waals surface area contributed by atoms with Crippen LogP contribution in [0.1, 0.15) is 50.5 Å². The zero-order valence-electron chi connectivity index (χ0n) is 19.1. The topological polar surface area (TPSA) is 25.4 Å². The molecule has 3 nitrogen and oxygen atoms in total. The smallest absolute Gasteiger partial charge is 0.161 e. The molecule has 0 N–H and O–H groups in total. The molecule has 1 saturated heterocycles. The van der Waals surface area contributed by atoms with E-state index in [-0.39, 0.29) is 0 Å². The highest BCUT2D eigenvalue weighted by atomic mass is 19.2. The Labute approximate surface area is 194 Å². The molecule has 0 radical (unpaired) electrons. The van der Waals surface area contributed by atoms with Crippen molar-refractivity contribution in [2.45, 2.75) is 57.6 Å². The average Bonchev–Trinajstić information content (AvgIpc) is 3.33. The molecule has 1 aliphatic carbocycles. The Morgan fingerprint density at radius 2 is 1.70 bits per heavy atom. The lowest BCUT2D eigenvalue weighted by atomic mass is 9.77. The molecule has 2 heterocycles. The van der Waals surface area contributed by atoms with Gasteiger partial charge in [-0.15, -0.1) is 0 Å². The van der Waals surface area contributed by atoms with E-state index < -0.39 is 11.6 Å². The largest absolute Gasteiger partial charge is 0.377 e. The molecule has 2 aliphatic rings. The Balaban J connectivity index is 1.14. The van der Waals surface area contributed by atoms with Crippen LogP contribution in [0.5, 0.6) is 0 Å². The Hall–Kier alpha value is -2.53. The van der Waals surface area contributed by atoms with Gasteiger partial charge in [0, 0.05) is 30.6 Å². The molecule has 1 aliphatic heterocycles. The van der Waals surface area contributed by atoms with Crippen molar-refractivity contribution in [1.29, 1.82) is 0 Å². The molecular formula is C28H32F2N2O. The van der Waals surface area contributed by atoms with E-state index in [0.717, 1.165) is 37.7 Å². The minimum Gasteiger partial charge on any atom is -0.377 e. The number of fused-ring (bicyclic) bond motifs is 1. The van der Waals surface area contributed by atoms with Crippen LogP contribution in [0.4, 0.5) is 14.6 Å². The zero-order chi connectivity index (χ0) is 22.6. The van der Waals surface area contributed by atoms with Gasteiger partial charge in [0.15, 0.2) is 11.6 Å². The summed E-state index contributed by atoms with van der Waals surface area (Å²) >= 11 is 0. The van der Waals surface area contributed by atoms with Crippen molar-refractivity contribution >= 4 is 16.7 Å². The third-order valence-electron chi connectivity index (χ3n) is 7.53. The first kappa shape index (κ1) is 22.3. The Morgan fingerprint density at radius 1 is 0.909 bits per heavy atom. The number of halogens is 2. The fourth-order valence-electron chi connectivity index (χ4n) is 5.71. The van der Waals surface area contributed by atoms with Gasteiger partial charge in [0.2, 0.25) is 0 Å². The van der Waals surface area contributed by atoms with Crippen LogP contribution in [-0.2, 0) is 11.3 Å². The highest BCUT2D eigenvalue weighted by Gasteiger charge is 2.35. The van der Waals surface area contributed by atoms with Gasteiger partial charge in [-0.05, 0) is 67.7 Å². The summed E-state index contributed by atoms with van der Waals surface area (Å²) in [4.78, 5) is 7.11. The summed E-state index contributed by atoms with van der Waals surface area (Å²) in [6.45, 7) is 2.51. The van der Waals surface area contributed by atoms with E-state index in [1.165, 1.54) is 49.8 Å². The molecule has 0 unspecified atom stereocenters. The molecule has 2 fully saturated rings. The number of rotatable bonds is 7. The molecule has 0 amide bonds. The van der Waals surface area contributed by atoms with E-state index in [1.54, 1.807) is 0 Å². The van der Waals surface area contributed by atoms with Crippen molar-refractivity contribution in [3.05, 3.63) is 71.8 Å². The van der Waals surface area contributed by atoms with Gasteiger partial charge >= 0.3 is 0 Å². The first-order valence-corrected chi connectivity index (χ1v) is 12.3. The summed E-state index contributed by atoms with van der Waals surface area (Å²) < 4.78 is 33.2. The van der Waals surface area contributed by atoms with Crippen LogP contribution < -0.4 is 4.90 Å². The third-order valence-corrected chi connectivity index (χ3v) is 7.53. The number of benzene rings is 2. The maximum atomic E-state index is 13.7. The predicted molar refractivity (Wildman–Crippen MR) is 128 cm³/mol. The number of nitrogens with zero attached hydrogens (tertiary/aromatic N) is 2. The number of anilines is 1. The van der Waals surface area contributed by atoms with Gasteiger partial charge in [0.05, 0.1) is 12.1 Å². The van der Waals surface area contributed by atoms with Crippen LogP contribution in [0, 0.1) is 23.5 Å². The summed E-state index contributed by atoms with van der Waals surface area (Å²) in [5.41, 5.74) is 1.76. The molecule has 2 aromatic carbocycles. The van der Waals surface area contributed by atoms with Crippen molar-refractivity contribution in [3.8, 4) is 0 Å². The minimum atomic E-state index is -0.837.